The molecule has 0 aromatic heterocycles. The highest BCUT2D eigenvalue weighted by Crippen LogP contribution is 2.30. The fourth-order valence-electron chi connectivity index (χ4n) is 2.81. The summed E-state index contributed by atoms with van der Waals surface area (Å²) >= 11 is 0. The molecule has 0 spiro atoms. The second-order valence-electron chi connectivity index (χ2n) is 9.19. The van der Waals surface area contributed by atoms with Crippen LogP contribution in [0.1, 0.15) is 114 Å². The van der Waals surface area contributed by atoms with E-state index in [0.29, 0.717) is 38.5 Å². The molecule has 31 heavy (non-hydrogen) atoms. The Bertz CT molecular complexity index is 565. The topological polar surface area (TPSA) is 99.1 Å². The molecule has 0 atom stereocenters. The van der Waals surface area contributed by atoms with Crippen LogP contribution in [0.4, 0.5) is 0 Å². The maximum absolute atomic E-state index is 13.0. The zero-order valence-electron chi connectivity index (χ0n) is 21.1. The van der Waals surface area contributed by atoms with E-state index >= 15 is 0 Å². The Labute approximate surface area is 188 Å². The largest absolute Gasteiger partial charge is 0.459 e. The van der Waals surface area contributed by atoms with Gasteiger partial charge in [0.2, 0.25) is 0 Å². The van der Waals surface area contributed by atoms with Gasteiger partial charge in [-0.2, -0.15) is 0 Å². The molecular weight excluding hydrogens is 400 g/mol. The lowest BCUT2D eigenvalue weighted by Gasteiger charge is -2.34. The van der Waals surface area contributed by atoms with Crippen molar-refractivity contribution in [1.82, 2.24) is 0 Å². The molecule has 182 valence electrons. The van der Waals surface area contributed by atoms with Crippen molar-refractivity contribution in [3.63, 3.8) is 0 Å². The third-order valence-electron chi connectivity index (χ3n) is 6.80. The quantitative estimate of drug-likeness (QED) is 0.301. The molecule has 0 rings (SSSR count). The first-order valence-electron chi connectivity index (χ1n) is 11.6. The minimum atomic E-state index is -2.37. The van der Waals surface area contributed by atoms with Crippen molar-refractivity contribution in [2.75, 3.05) is 0 Å². The lowest BCUT2D eigenvalue weighted by molar-refractivity contribution is -0.194. The maximum Gasteiger partial charge on any atom is 0.339 e. The van der Waals surface area contributed by atoms with Crippen molar-refractivity contribution >= 4 is 17.9 Å². The van der Waals surface area contributed by atoms with E-state index in [-0.39, 0.29) is 0 Å². The van der Waals surface area contributed by atoms with Crippen LogP contribution in [-0.4, -0.2) is 45.4 Å². The second kappa shape index (κ2) is 11.8. The van der Waals surface area contributed by atoms with Crippen LogP contribution in [0.25, 0.3) is 0 Å². The summed E-state index contributed by atoms with van der Waals surface area (Å²) in [6.45, 7) is 16.6. The van der Waals surface area contributed by atoms with Crippen molar-refractivity contribution in [2.45, 2.75) is 136 Å². The number of carbonyl (C=O) groups excluding carboxylic acids is 3. The van der Waals surface area contributed by atoms with Crippen molar-refractivity contribution in [1.29, 1.82) is 0 Å². The molecule has 0 aliphatic heterocycles. The Morgan fingerprint density at radius 1 is 0.581 bits per heavy atom. The van der Waals surface area contributed by atoms with Crippen LogP contribution in [0, 0.1) is 0 Å². The number of esters is 3. The third kappa shape index (κ3) is 8.79. The number of hydrogen-bond acceptors (Lipinski definition) is 7. The first-order valence-corrected chi connectivity index (χ1v) is 11.6. The Kier molecular flexibility index (Phi) is 11.2. The van der Waals surface area contributed by atoms with E-state index in [9.17, 15) is 19.5 Å². The number of aliphatic hydroxyl groups is 1. The van der Waals surface area contributed by atoms with E-state index < -0.39 is 53.2 Å². The molecule has 0 unspecified atom stereocenters. The van der Waals surface area contributed by atoms with Crippen molar-refractivity contribution in [2.24, 2.45) is 0 Å². The highest BCUT2D eigenvalue weighted by molar-refractivity contribution is 5.90. The minimum Gasteiger partial charge on any atom is -0.459 e. The van der Waals surface area contributed by atoms with Gasteiger partial charge in [0.25, 0.3) is 0 Å². The molecule has 7 nitrogen and oxygen atoms in total. The molecule has 0 saturated carbocycles. The second-order valence-corrected chi connectivity index (χ2v) is 9.19. The van der Waals surface area contributed by atoms with Crippen LogP contribution >= 0.6 is 0 Å². The Morgan fingerprint density at radius 2 is 0.839 bits per heavy atom. The van der Waals surface area contributed by atoms with Crippen LogP contribution in [-0.2, 0) is 28.6 Å². The molecule has 0 aliphatic carbocycles. The summed E-state index contributed by atoms with van der Waals surface area (Å²) in [6, 6.07) is 0. The molecule has 0 amide bonds. The van der Waals surface area contributed by atoms with E-state index in [2.05, 4.69) is 0 Å². The monoisotopic (exact) mass is 444 g/mol. The Morgan fingerprint density at radius 3 is 1.10 bits per heavy atom. The summed E-state index contributed by atoms with van der Waals surface area (Å²) in [5, 5.41) is 11.2. The summed E-state index contributed by atoms with van der Waals surface area (Å²) in [5.41, 5.74) is -4.62. The molecule has 0 aromatic rings. The summed E-state index contributed by atoms with van der Waals surface area (Å²) < 4.78 is 16.6. The number of hydrogen-bond donors (Lipinski definition) is 1. The number of carbonyl (C=O) groups is 3. The van der Waals surface area contributed by atoms with Crippen molar-refractivity contribution < 1.29 is 33.7 Å². The highest BCUT2D eigenvalue weighted by Gasteiger charge is 2.47. The van der Waals surface area contributed by atoms with Gasteiger partial charge < -0.3 is 19.3 Å². The van der Waals surface area contributed by atoms with Gasteiger partial charge in [-0.15, -0.1) is 0 Å². The van der Waals surface area contributed by atoms with Gasteiger partial charge in [-0.25, -0.2) is 4.79 Å². The van der Waals surface area contributed by atoms with Gasteiger partial charge in [0, 0.05) is 0 Å². The fraction of sp³-hybridized carbons (Fsp3) is 0.875. The molecule has 0 radical (unpaired) electrons. The van der Waals surface area contributed by atoms with Gasteiger partial charge in [0.05, 0.1) is 12.8 Å². The van der Waals surface area contributed by atoms with Gasteiger partial charge in [-0.05, 0) is 59.3 Å². The summed E-state index contributed by atoms with van der Waals surface area (Å²) in [4.78, 5) is 38.3. The van der Waals surface area contributed by atoms with E-state index in [0.717, 1.165) is 0 Å². The van der Waals surface area contributed by atoms with Crippen LogP contribution in [0.15, 0.2) is 0 Å². The molecule has 7 heteroatoms. The van der Waals surface area contributed by atoms with E-state index in [1.165, 1.54) is 0 Å². The predicted octanol–water partition coefficient (Wildman–Crippen LogP) is 4.86. The molecular formula is C24H44O7. The number of rotatable bonds is 14. The van der Waals surface area contributed by atoms with Crippen LogP contribution in [0.5, 0.6) is 0 Å². The molecule has 0 heterocycles. The summed E-state index contributed by atoms with van der Waals surface area (Å²) in [5.74, 6) is -2.54. The first kappa shape index (κ1) is 29.4. The maximum atomic E-state index is 13.0. The first-order chi connectivity index (χ1) is 14.2. The van der Waals surface area contributed by atoms with E-state index in [1.807, 2.05) is 41.5 Å². The summed E-state index contributed by atoms with van der Waals surface area (Å²) in [6.07, 6.45) is 1.99. The van der Waals surface area contributed by atoms with Gasteiger partial charge in [-0.3, -0.25) is 9.59 Å². The Hall–Kier alpha value is -1.63. The highest BCUT2D eigenvalue weighted by atomic mass is 16.6. The normalized spacial score (nSPS) is 13.0. The lowest BCUT2D eigenvalue weighted by atomic mass is 9.93. The average molecular weight is 445 g/mol. The SMILES string of the molecule is CCC(C)(CC)OC(=O)CC(O)(CC(=O)OC(C)(CC)CC)C(=O)OC(C)(CC)CC. The fourth-order valence-corrected chi connectivity index (χ4v) is 2.81. The van der Waals surface area contributed by atoms with Gasteiger partial charge in [0.1, 0.15) is 16.8 Å². The zero-order chi connectivity index (χ0) is 24.5. The third-order valence-corrected chi connectivity index (χ3v) is 6.80. The smallest absolute Gasteiger partial charge is 0.339 e. The molecule has 0 aliphatic rings. The lowest BCUT2D eigenvalue weighted by Crippen LogP contribution is -2.49. The minimum absolute atomic E-state index is 0.522. The van der Waals surface area contributed by atoms with Gasteiger partial charge >= 0.3 is 17.9 Å². The molecule has 0 aromatic carbocycles. The van der Waals surface area contributed by atoms with E-state index in [4.69, 9.17) is 14.2 Å². The Balaban J connectivity index is 5.77. The standard InChI is InChI=1S/C24H44O7/c1-10-21(7,11-2)29-18(25)16-24(28,20(27)31-23(9,14-5)15-6)17-19(26)30-22(8,12-3)13-4/h28H,10-17H2,1-9H3. The van der Waals surface area contributed by atoms with Crippen LogP contribution in [0.2, 0.25) is 0 Å². The number of ether oxygens (including phenoxy) is 3. The average Bonchev–Trinajstić information content (AvgIpc) is 2.72. The van der Waals surface area contributed by atoms with E-state index in [1.54, 1.807) is 20.8 Å². The zero-order valence-corrected chi connectivity index (χ0v) is 21.1. The molecule has 0 saturated heterocycles. The van der Waals surface area contributed by atoms with Crippen LogP contribution < -0.4 is 0 Å². The van der Waals surface area contributed by atoms with Gasteiger partial charge in [0.15, 0.2) is 5.60 Å². The van der Waals surface area contributed by atoms with Crippen LogP contribution in [0.3, 0.4) is 0 Å². The molecule has 0 fully saturated rings. The van der Waals surface area contributed by atoms with Crippen molar-refractivity contribution in [3.05, 3.63) is 0 Å². The predicted molar refractivity (Wildman–Crippen MR) is 119 cm³/mol. The van der Waals surface area contributed by atoms with Crippen molar-refractivity contribution in [3.8, 4) is 0 Å². The molecule has 1 N–H and O–H groups in total. The summed E-state index contributed by atoms with van der Waals surface area (Å²) in [7, 11) is 0. The van der Waals surface area contributed by atoms with Gasteiger partial charge in [-0.1, -0.05) is 41.5 Å². The molecule has 0 bridgehead atoms.